The van der Waals surface area contributed by atoms with Gasteiger partial charge in [-0.2, -0.15) is 0 Å². The van der Waals surface area contributed by atoms with Crippen molar-refractivity contribution in [2.24, 2.45) is 0 Å². The van der Waals surface area contributed by atoms with Crippen LogP contribution < -0.4 is 5.32 Å². The summed E-state index contributed by atoms with van der Waals surface area (Å²) in [6.07, 6.45) is 0. The lowest BCUT2D eigenvalue weighted by Gasteiger charge is -2.29. The molecule has 0 aromatic heterocycles. The number of benzene rings is 3. The van der Waals surface area contributed by atoms with Crippen molar-refractivity contribution in [3.05, 3.63) is 105 Å². The number of aryl methyl sites for hydroxylation is 2. The van der Waals surface area contributed by atoms with Gasteiger partial charge in [0.1, 0.15) is 12.6 Å². The zero-order chi connectivity index (χ0) is 26.9. The summed E-state index contributed by atoms with van der Waals surface area (Å²) >= 11 is 0. The number of rotatable bonds is 7. The van der Waals surface area contributed by atoms with Gasteiger partial charge in [0, 0.05) is 18.8 Å². The third-order valence-corrected chi connectivity index (χ3v) is 6.36. The monoisotopic (exact) mass is 500 g/mol. The molecule has 188 valence electrons. The maximum Gasteiger partial charge on any atom is 0.275 e. The molecule has 37 heavy (non-hydrogen) atoms. The molecule has 0 saturated carbocycles. The van der Waals surface area contributed by atoms with Gasteiger partial charge in [-0.05, 0) is 43.2 Å². The molecule has 3 aromatic rings. The molecule has 3 aromatic carbocycles. The molecule has 1 aliphatic heterocycles. The van der Waals surface area contributed by atoms with E-state index in [-0.39, 0.29) is 22.4 Å². The van der Waals surface area contributed by atoms with E-state index in [1.54, 1.807) is 38.1 Å². The fourth-order valence-electron chi connectivity index (χ4n) is 4.39. The number of anilines is 1. The fourth-order valence-corrected chi connectivity index (χ4v) is 4.39. The van der Waals surface area contributed by atoms with Crippen LogP contribution in [-0.4, -0.2) is 51.9 Å². The quantitative estimate of drug-likeness (QED) is 0.299. The van der Waals surface area contributed by atoms with Crippen molar-refractivity contribution in [1.29, 1.82) is 0 Å². The van der Waals surface area contributed by atoms with E-state index in [4.69, 9.17) is 0 Å². The first kappa shape index (κ1) is 25.2. The van der Waals surface area contributed by atoms with Crippen molar-refractivity contribution in [1.82, 2.24) is 9.80 Å². The normalized spacial score (nSPS) is 13.2. The number of amides is 4. The number of carbonyl (C=O) groups is 4. The van der Waals surface area contributed by atoms with Crippen LogP contribution in [0.5, 0.6) is 0 Å². The van der Waals surface area contributed by atoms with E-state index in [0.717, 1.165) is 20.9 Å². The highest BCUT2D eigenvalue weighted by Gasteiger charge is 2.39. The zero-order valence-electron chi connectivity index (χ0n) is 20.4. The maximum atomic E-state index is 13.6. The van der Waals surface area contributed by atoms with Crippen LogP contribution in [0.25, 0.3) is 0 Å². The van der Waals surface area contributed by atoms with E-state index in [0.29, 0.717) is 5.69 Å². The Labute approximate surface area is 212 Å². The predicted octanol–water partition coefficient (Wildman–Crippen LogP) is 3.65. The number of nitro groups is 1. The standard InChI is InChI=1S/C27H24N4O6/c1-16-9-8-10-17(2)23(16)28-25(33)24(20-13-6-7-14-21(20)31(36)37)29(3)22(32)15-30-26(34)18-11-4-5-12-19(18)27(30)35/h4-14,24H,15H2,1-3H3,(H,28,33). The van der Waals surface area contributed by atoms with E-state index in [9.17, 15) is 29.3 Å². The van der Waals surface area contributed by atoms with E-state index >= 15 is 0 Å². The van der Waals surface area contributed by atoms with Gasteiger partial charge in [0.2, 0.25) is 5.91 Å². The Balaban J connectivity index is 1.68. The molecule has 0 radical (unpaired) electrons. The smallest absolute Gasteiger partial charge is 0.275 e. The lowest BCUT2D eigenvalue weighted by Crippen LogP contribution is -2.45. The van der Waals surface area contributed by atoms with Gasteiger partial charge in [-0.3, -0.25) is 34.2 Å². The minimum absolute atomic E-state index is 0.00514. The van der Waals surface area contributed by atoms with Crippen LogP contribution in [-0.2, 0) is 9.59 Å². The molecule has 1 unspecified atom stereocenters. The number of fused-ring (bicyclic) bond motifs is 1. The first-order valence-electron chi connectivity index (χ1n) is 11.4. The molecule has 1 heterocycles. The zero-order valence-corrected chi connectivity index (χ0v) is 20.4. The average molecular weight is 501 g/mol. The van der Waals surface area contributed by atoms with Crippen LogP contribution in [0.4, 0.5) is 11.4 Å². The molecule has 1 aliphatic rings. The highest BCUT2D eigenvalue weighted by atomic mass is 16.6. The maximum absolute atomic E-state index is 13.6. The lowest BCUT2D eigenvalue weighted by molar-refractivity contribution is -0.385. The number of carbonyl (C=O) groups excluding carboxylic acids is 4. The van der Waals surface area contributed by atoms with Crippen molar-refractivity contribution in [2.45, 2.75) is 19.9 Å². The van der Waals surface area contributed by atoms with Gasteiger partial charge >= 0.3 is 0 Å². The molecular weight excluding hydrogens is 476 g/mol. The van der Waals surface area contributed by atoms with Crippen LogP contribution >= 0.6 is 0 Å². The first-order chi connectivity index (χ1) is 17.6. The Kier molecular flexibility index (Phi) is 6.83. The molecule has 1 N–H and O–H groups in total. The Hall–Kier alpha value is -4.86. The highest BCUT2D eigenvalue weighted by Crippen LogP contribution is 2.31. The van der Waals surface area contributed by atoms with Gasteiger partial charge < -0.3 is 10.2 Å². The number of nitro benzene ring substituents is 1. The van der Waals surface area contributed by atoms with Crippen molar-refractivity contribution in [3.8, 4) is 0 Å². The highest BCUT2D eigenvalue weighted by molar-refractivity contribution is 6.22. The number of imide groups is 1. The molecular formula is C27H24N4O6. The molecule has 1 atom stereocenters. The number of likely N-dealkylation sites (N-methyl/N-ethyl adjacent to an activating group) is 1. The van der Waals surface area contributed by atoms with Crippen molar-refractivity contribution >= 4 is 35.0 Å². The summed E-state index contributed by atoms with van der Waals surface area (Å²) in [7, 11) is 1.31. The van der Waals surface area contributed by atoms with Gasteiger partial charge in [0.25, 0.3) is 23.4 Å². The van der Waals surface area contributed by atoms with E-state index in [1.807, 2.05) is 6.07 Å². The second kappa shape index (κ2) is 10.0. The second-order valence-electron chi connectivity index (χ2n) is 8.72. The van der Waals surface area contributed by atoms with E-state index in [1.165, 1.54) is 43.4 Å². The SMILES string of the molecule is Cc1cccc(C)c1NC(=O)C(c1ccccc1[N+](=O)[O-])N(C)C(=O)CN1C(=O)c2ccccc2C1=O. The number of nitrogens with one attached hydrogen (secondary N) is 1. The Morgan fingerprint density at radius 1 is 0.919 bits per heavy atom. The van der Waals surface area contributed by atoms with Crippen molar-refractivity contribution in [3.63, 3.8) is 0 Å². The molecule has 0 spiro atoms. The first-order valence-corrected chi connectivity index (χ1v) is 11.4. The summed E-state index contributed by atoms with van der Waals surface area (Å²) in [5.74, 6) is -2.66. The van der Waals surface area contributed by atoms with Gasteiger partial charge in [0.15, 0.2) is 0 Å². The number of para-hydroxylation sites is 2. The van der Waals surface area contributed by atoms with Crippen LogP contribution in [0.3, 0.4) is 0 Å². The molecule has 10 heteroatoms. The van der Waals surface area contributed by atoms with E-state index in [2.05, 4.69) is 5.32 Å². The third kappa shape index (κ3) is 4.68. The number of hydrogen-bond donors (Lipinski definition) is 1. The molecule has 0 saturated heterocycles. The van der Waals surface area contributed by atoms with Crippen LogP contribution in [0, 0.1) is 24.0 Å². The minimum atomic E-state index is -1.41. The summed E-state index contributed by atoms with van der Waals surface area (Å²) in [5, 5.41) is 14.6. The minimum Gasteiger partial charge on any atom is -0.328 e. The molecule has 0 fully saturated rings. The second-order valence-corrected chi connectivity index (χ2v) is 8.72. The van der Waals surface area contributed by atoms with Gasteiger partial charge in [-0.15, -0.1) is 0 Å². The summed E-state index contributed by atoms with van der Waals surface area (Å²) in [4.78, 5) is 65.5. The topological polar surface area (TPSA) is 130 Å². The van der Waals surface area contributed by atoms with Crippen LogP contribution in [0.2, 0.25) is 0 Å². The lowest BCUT2D eigenvalue weighted by atomic mass is 10.0. The Bertz CT molecular complexity index is 1400. The predicted molar refractivity (Wildman–Crippen MR) is 135 cm³/mol. The summed E-state index contributed by atoms with van der Waals surface area (Å²) in [6.45, 7) is 2.98. The van der Waals surface area contributed by atoms with Gasteiger partial charge in [-0.25, -0.2) is 0 Å². The van der Waals surface area contributed by atoms with Gasteiger partial charge in [-0.1, -0.05) is 42.5 Å². The van der Waals surface area contributed by atoms with Crippen molar-refractivity contribution in [2.75, 3.05) is 18.9 Å². The average Bonchev–Trinajstić information content (AvgIpc) is 3.11. The Morgan fingerprint density at radius 2 is 1.46 bits per heavy atom. The largest absolute Gasteiger partial charge is 0.328 e. The molecule has 0 aliphatic carbocycles. The fraction of sp³-hybridized carbons (Fsp3) is 0.185. The molecule has 10 nitrogen and oxygen atoms in total. The summed E-state index contributed by atoms with van der Waals surface area (Å²) in [5.41, 5.74) is 2.09. The summed E-state index contributed by atoms with van der Waals surface area (Å²) in [6, 6.07) is 15.9. The van der Waals surface area contributed by atoms with Gasteiger partial charge in [0.05, 0.1) is 21.6 Å². The number of nitrogens with zero attached hydrogens (tertiary/aromatic N) is 3. The molecule has 0 bridgehead atoms. The van der Waals surface area contributed by atoms with Crippen LogP contribution in [0.15, 0.2) is 66.7 Å². The molecule has 4 rings (SSSR count). The van der Waals surface area contributed by atoms with Crippen LogP contribution in [0.1, 0.15) is 43.4 Å². The Morgan fingerprint density at radius 3 is 2.03 bits per heavy atom. The van der Waals surface area contributed by atoms with Crippen molar-refractivity contribution < 1.29 is 24.1 Å². The third-order valence-electron chi connectivity index (χ3n) is 6.36. The number of hydrogen-bond acceptors (Lipinski definition) is 6. The summed E-state index contributed by atoms with van der Waals surface area (Å²) < 4.78 is 0. The molecule has 4 amide bonds. The van der Waals surface area contributed by atoms with E-state index < -0.39 is 41.1 Å².